The molecule has 3 atom stereocenters. The largest absolute Gasteiger partial charge is 0.479 e. The minimum atomic E-state index is -2.02. The second kappa shape index (κ2) is 19.7. The van der Waals surface area contributed by atoms with Crippen LogP contribution in [0.4, 0.5) is 0 Å². The van der Waals surface area contributed by atoms with E-state index in [1.807, 2.05) is 24.3 Å². The molecule has 0 aliphatic heterocycles. The molecule has 4 aromatic carbocycles. The lowest BCUT2D eigenvalue weighted by molar-refractivity contribution is -0.225. The fraction of sp³-hybridized carbons (Fsp3) is 0.429. The average Bonchev–Trinajstić information content (AvgIpc) is 3.13. The number of carbonyl (C=O) groups excluding carboxylic acids is 3. The summed E-state index contributed by atoms with van der Waals surface area (Å²) < 4.78 is 21.3. The maximum absolute atomic E-state index is 13.5. The van der Waals surface area contributed by atoms with Gasteiger partial charge in [-0.3, -0.25) is 9.59 Å². The van der Waals surface area contributed by atoms with E-state index in [1.165, 1.54) is 32.7 Å². The third kappa shape index (κ3) is 12.2. The summed E-state index contributed by atoms with van der Waals surface area (Å²) >= 11 is 0. The molecule has 0 spiro atoms. The Hall–Kier alpha value is -4.80. The smallest absolute Gasteiger partial charge is 0.376 e. The topological polar surface area (TPSA) is 137 Å². The number of benzene rings is 4. The number of unbranched alkanes of at least 4 members (excludes halogenated alkanes) is 4. The van der Waals surface area contributed by atoms with Gasteiger partial charge in [-0.2, -0.15) is 0 Å². The molecular formula is C42H51NO9. The van der Waals surface area contributed by atoms with E-state index in [0.29, 0.717) is 12.8 Å². The predicted molar refractivity (Wildman–Crippen MR) is 200 cm³/mol. The lowest BCUT2D eigenvalue weighted by Crippen LogP contribution is -2.52. The molecule has 0 aliphatic carbocycles. The van der Waals surface area contributed by atoms with E-state index in [9.17, 15) is 24.3 Å². The Morgan fingerprint density at radius 2 is 1.23 bits per heavy atom. The normalized spacial score (nSPS) is 13.3. The van der Waals surface area contributed by atoms with Crippen LogP contribution in [0.1, 0.15) is 70.4 Å². The molecule has 0 aliphatic rings. The van der Waals surface area contributed by atoms with Gasteiger partial charge < -0.3 is 29.4 Å². The Morgan fingerprint density at radius 3 is 1.75 bits per heavy atom. The molecule has 1 amide bonds. The maximum Gasteiger partial charge on any atom is 0.376 e. The third-order valence-corrected chi connectivity index (χ3v) is 8.74. The molecule has 0 saturated heterocycles. The van der Waals surface area contributed by atoms with Crippen molar-refractivity contribution in [2.45, 2.75) is 90.6 Å². The first kappa shape index (κ1) is 40.0. The van der Waals surface area contributed by atoms with Gasteiger partial charge in [-0.05, 0) is 92.0 Å². The van der Waals surface area contributed by atoms with Crippen molar-refractivity contribution < 1.29 is 43.2 Å². The van der Waals surface area contributed by atoms with E-state index in [-0.39, 0.29) is 13.2 Å². The van der Waals surface area contributed by atoms with Gasteiger partial charge in [0.15, 0.2) is 12.2 Å². The molecule has 0 bridgehead atoms. The summed E-state index contributed by atoms with van der Waals surface area (Å²) in [5.41, 5.74) is 1.43. The molecule has 10 heteroatoms. The van der Waals surface area contributed by atoms with Crippen molar-refractivity contribution in [3.8, 4) is 0 Å². The van der Waals surface area contributed by atoms with Gasteiger partial charge in [0.1, 0.15) is 0 Å². The van der Waals surface area contributed by atoms with Gasteiger partial charge in [-0.25, -0.2) is 9.59 Å². The molecule has 0 heterocycles. The zero-order valence-corrected chi connectivity index (χ0v) is 30.6. The number of amides is 1. The van der Waals surface area contributed by atoms with E-state index in [0.717, 1.165) is 45.6 Å². The van der Waals surface area contributed by atoms with Crippen LogP contribution < -0.4 is 5.32 Å². The number of fused-ring (bicyclic) bond motifs is 2. The quantitative estimate of drug-likeness (QED) is 0.0554. The second-order valence-corrected chi connectivity index (χ2v) is 14.0. The SMILES string of the molecule is COC(=O)C(OC(=O)C(C)(C)C)OC(C(=O)O)C(OCCCCCc1ccc2ccccc2c1)C(=O)NCCCCCc1ccc2ccccc2c1. The van der Waals surface area contributed by atoms with Crippen molar-refractivity contribution in [3.05, 3.63) is 96.1 Å². The van der Waals surface area contributed by atoms with Crippen molar-refractivity contribution in [1.29, 1.82) is 0 Å². The monoisotopic (exact) mass is 713 g/mol. The van der Waals surface area contributed by atoms with Crippen molar-refractivity contribution in [2.75, 3.05) is 20.3 Å². The first-order valence-corrected chi connectivity index (χ1v) is 18.0. The second-order valence-electron chi connectivity index (χ2n) is 14.0. The summed E-state index contributed by atoms with van der Waals surface area (Å²) in [4.78, 5) is 51.1. The summed E-state index contributed by atoms with van der Waals surface area (Å²) in [6.07, 6.45) is 0.724. The van der Waals surface area contributed by atoms with Crippen LogP contribution in [-0.4, -0.2) is 67.7 Å². The highest BCUT2D eigenvalue weighted by atomic mass is 16.7. The molecule has 3 unspecified atom stereocenters. The highest BCUT2D eigenvalue weighted by molar-refractivity contribution is 5.89. The summed E-state index contributed by atoms with van der Waals surface area (Å²) in [7, 11) is 1.05. The number of carboxylic acid groups (broad SMARTS) is 1. The summed E-state index contributed by atoms with van der Waals surface area (Å²) in [6, 6.07) is 29.2. The van der Waals surface area contributed by atoms with Crippen LogP contribution in [0.25, 0.3) is 21.5 Å². The van der Waals surface area contributed by atoms with Crippen LogP contribution in [0.2, 0.25) is 0 Å². The molecule has 4 aromatic rings. The molecule has 0 fully saturated rings. The average molecular weight is 714 g/mol. The Balaban J connectivity index is 1.34. The number of aliphatic carboxylic acids is 1. The number of hydrogen-bond donors (Lipinski definition) is 2. The molecular weight excluding hydrogens is 662 g/mol. The van der Waals surface area contributed by atoms with Crippen molar-refractivity contribution in [2.24, 2.45) is 5.41 Å². The van der Waals surface area contributed by atoms with Crippen LogP contribution in [0.15, 0.2) is 84.9 Å². The maximum atomic E-state index is 13.5. The first-order chi connectivity index (χ1) is 25.0. The van der Waals surface area contributed by atoms with Crippen LogP contribution in [0.3, 0.4) is 0 Å². The molecule has 278 valence electrons. The van der Waals surface area contributed by atoms with Crippen LogP contribution in [0, 0.1) is 5.41 Å². The van der Waals surface area contributed by atoms with Gasteiger partial charge >= 0.3 is 24.2 Å². The standard InChI is InChI=1S/C42H51NO9/c1-42(2,3)41(48)52-40(39(47)49-4)51-36(38(45)46)35(50-26-14-6-8-16-30-22-24-32-18-10-12-20-34(32)28-30)37(44)43-25-13-5-7-15-29-21-23-31-17-9-11-19-33(31)27-29/h9-12,17-24,27-28,35-36,40H,5-8,13-16,25-26H2,1-4H3,(H,43,44)(H,45,46). The zero-order valence-electron chi connectivity index (χ0n) is 30.6. The highest BCUT2D eigenvalue weighted by Crippen LogP contribution is 2.21. The summed E-state index contributed by atoms with van der Waals surface area (Å²) in [6.45, 7) is 5.06. The van der Waals surface area contributed by atoms with Crippen molar-refractivity contribution in [1.82, 2.24) is 5.32 Å². The van der Waals surface area contributed by atoms with Gasteiger partial charge in [0.2, 0.25) is 0 Å². The van der Waals surface area contributed by atoms with E-state index in [2.05, 4.69) is 66.0 Å². The minimum Gasteiger partial charge on any atom is -0.479 e. The Bertz CT molecular complexity index is 1800. The van der Waals surface area contributed by atoms with Gasteiger partial charge in [-0.15, -0.1) is 0 Å². The van der Waals surface area contributed by atoms with Crippen LogP contribution in [-0.2, 0) is 51.0 Å². The highest BCUT2D eigenvalue weighted by Gasteiger charge is 2.41. The number of methoxy groups -OCH3 is 1. The van der Waals surface area contributed by atoms with E-state index >= 15 is 0 Å². The fourth-order valence-electron chi connectivity index (χ4n) is 5.74. The number of aryl methyl sites for hydroxylation is 2. The van der Waals surface area contributed by atoms with E-state index in [4.69, 9.17) is 18.9 Å². The van der Waals surface area contributed by atoms with Gasteiger partial charge in [0.25, 0.3) is 5.91 Å². The number of rotatable bonds is 20. The molecule has 2 N–H and O–H groups in total. The van der Waals surface area contributed by atoms with Gasteiger partial charge in [0.05, 0.1) is 12.5 Å². The van der Waals surface area contributed by atoms with Crippen LogP contribution in [0.5, 0.6) is 0 Å². The van der Waals surface area contributed by atoms with E-state index < -0.39 is 47.7 Å². The number of esters is 2. The fourth-order valence-corrected chi connectivity index (χ4v) is 5.74. The molecule has 0 radical (unpaired) electrons. The molecule has 0 aromatic heterocycles. The van der Waals surface area contributed by atoms with Crippen LogP contribution >= 0.6 is 0 Å². The molecule has 52 heavy (non-hydrogen) atoms. The number of carboxylic acids is 1. The van der Waals surface area contributed by atoms with E-state index in [1.54, 1.807) is 20.8 Å². The molecule has 4 rings (SSSR count). The Labute approximate surface area is 305 Å². The van der Waals surface area contributed by atoms with Gasteiger partial charge in [0, 0.05) is 13.2 Å². The number of ether oxygens (including phenoxy) is 4. The number of nitrogens with one attached hydrogen (secondary N) is 1. The lowest BCUT2D eigenvalue weighted by Gasteiger charge is -2.28. The third-order valence-electron chi connectivity index (χ3n) is 8.74. The molecule has 10 nitrogen and oxygen atoms in total. The first-order valence-electron chi connectivity index (χ1n) is 18.0. The minimum absolute atomic E-state index is 0.0688. The molecule has 0 saturated carbocycles. The predicted octanol–water partition coefficient (Wildman–Crippen LogP) is 7.18. The number of hydrogen-bond acceptors (Lipinski definition) is 8. The zero-order chi connectivity index (χ0) is 37.5. The van der Waals surface area contributed by atoms with Crippen molar-refractivity contribution >= 4 is 45.4 Å². The summed E-state index contributed by atoms with van der Waals surface area (Å²) in [5, 5.41) is 17.7. The number of carbonyl (C=O) groups is 4. The summed E-state index contributed by atoms with van der Waals surface area (Å²) in [5.74, 6) is -4.21. The Kier molecular flexibility index (Phi) is 15.2. The van der Waals surface area contributed by atoms with Gasteiger partial charge in [-0.1, -0.05) is 97.8 Å². The van der Waals surface area contributed by atoms with Crippen molar-refractivity contribution in [3.63, 3.8) is 0 Å². The lowest BCUT2D eigenvalue weighted by atomic mass is 9.97. The Morgan fingerprint density at radius 1 is 0.692 bits per heavy atom.